The first-order valence-corrected chi connectivity index (χ1v) is 9.61. The maximum atomic E-state index is 6.30. The number of benzene rings is 2. The summed E-state index contributed by atoms with van der Waals surface area (Å²) in [5, 5.41) is 0. The number of hydrogen-bond acceptors (Lipinski definition) is 4. The fraction of sp³-hybridized carbons (Fsp3) is 0.391. The molecule has 27 heavy (non-hydrogen) atoms. The molecule has 0 spiro atoms. The van der Waals surface area contributed by atoms with Gasteiger partial charge in [0, 0.05) is 6.42 Å². The van der Waals surface area contributed by atoms with Gasteiger partial charge in [0.05, 0.1) is 38.3 Å². The first-order chi connectivity index (χ1) is 13.4. The molecule has 0 saturated carbocycles. The quantitative estimate of drug-likeness (QED) is 0.734. The summed E-state index contributed by atoms with van der Waals surface area (Å²) in [6, 6.07) is 20.4. The molecule has 1 saturated heterocycles. The summed E-state index contributed by atoms with van der Waals surface area (Å²) in [5.74, 6) is 0. The Morgan fingerprint density at radius 2 is 1.56 bits per heavy atom. The van der Waals surface area contributed by atoms with Crippen molar-refractivity contribution >= 4 is 0 Å². The summed E-state index contributed by atoms with van der Waals surface area (Å²) < 4.78 is 24.2. The molecule has 0 radical (unpaired) electrons. The standard InChI is InChI=1S/C23H26O4/c1-3-8-18(9-4-1)15-24-17-23-22(26-16-19-10-5-2-6-11-19)14-21-20(27-23)12-7-13-25-21/h1-11,13,20-23H,12,14-17H2/t20-,21+,22-,23+/m0/s1. The summed E-state index contributed by atoms with van der Waals surface area (Å²) in [4.78, 5) is 0. The van der Waals surface area contributed by atoms with Gasteiger partial charge in [-0.15, -0.1) is 0 Å². The van der Waals surface area contributed by atoms with Crippen LogP contribution >= 0.6 is 0 Å². The van der Waals surface area contributed by atoms with E-state index in [1.165, 1.54) is 0 Å². The molecule has 4 rings (SSSR count). The SMILES string of the molecule is C1=CO[C@@H]2C[C@H](OCc3ccccc3)[C@@H](COCc3ccccc3)O[C@H]2C1. The minimum absolute atomic E-state index is 0.0475. The van der Waals surface area contributed by atoms with E-state index in [9.17, 15) is 0 Å². The van der Waals surface area contributed by atoms with E-state index in [0.717, 1.165) is 24.0 Å². The third-order valence-electron chi connectivity index (χ3n) is 5.06. The van der Waals surface area contributed by atoms with Crippen LogP contribution in [0.5, 0.6) is 0 Å². The van der Waals surface area contributed by atoms with Crippen LogP contribution in [0, 0.1) is 0 Å². The maximum absolute atomic E-state index is 6.30. The number of hydrogen-bond donors (Lipinski definition) is 0. The van der Waals surface area contributed by atoms with Crippen molar-refractivity contribution in [1.29, 1.82) is 0 Å². The average Bonchev–Trinajstić information content (AvgIpc) is 2.73. The van der Waals surface area contributed by atoms with Crippen LogP contribution in [0.4, 0.5) is 0 Å². The van der Waals surface area contributed by atoms with E-state index < -0.39 is 0 Å². The Bertz CT molecular complexity index is 716. The molecule has 4 atom stereocenters. The molecule has 0 aliphatic carbocycles. The van der Waals surface area contributed by atoms with E-state index in [0.29, 0.717) is 19.8 Å². The van der Waals surface area contributed by atoms with E-state index in [2.05, 4.69) is 24.3 Å². The molecule has 142 valence electrons. The summed E-state index contributed by atoms with van der Waals surface area (Å²) in [5.41, 5.74) is 2.32. The molecule has 0 unspecified atom stereocenters. The number of rotatable bonds is 7. The van der Waals surface area contributed by atoms with Crippen LogP contribution < -0.4 is 0 Å². The molecule has 2 aliphatic rings. The van der Waals surface area contributed by atoms with Crippen molar-refractivity contribution in [3.8, 4) is 0 Å². The highest BCUT2D eigenvalue weighted by Crippen LogP contribution is 2.30. The molecule has 4 heteroatoms. The van der Waals surface area contributed by atoms with Crippen molar-refractivity contribution in [3.63, 3.8) is 0 Å². The Kier molecular flexibility index (Phi) is 6.20. The first kappa shape index (κ1) is 18.2. The fourth-order valence-electron chi connectivity index (χ4n) is 3.60. The first-order valence-electron chi connectivity index (χ1n) is 9.61. The van der Waals surface area contributed by atoms with Gasteiger partial charge >= 0.3 is 0 Å². The molecule has 2 aromatic rings. The maximum Gasteiger partial charge on any atom is 0.127 e. The van der Waals surface area contributed by atoms with E-state index in [1.54, 1.807) is 6.26 Å². The van der Waals surface area contributed by atoms with Gasteiger partial charge in [-0.2, -0.15) is 0 Å². The van der Waals surface area contributed by atoms with Crippen molar-refractivity contribution < 1.29 is 18.9 Å². The van der Waals surface area contributed by atoms with Gasteiger partial charge in [-0.25, -0.2) is 0 Å². The van der Waals surface area contributed by atoms with Crippen LogP contribution in [0.2, 0.25) is 0 Å². The summed E-state index contributed by atoms with van der Waals surface area (Å²) in [6.07, 6.45) is 5.51. The predicted octanol–water partition coefficient (Wildman–Crippen LogP) is 4.25. The van der Waals surface area contributed by atoms with Crippen molar-refractivity contribution in [1.82, 2.24) is 0 Å². The third-order valence-corrected chi connectivity index (χ3v) is 5.06. The Labute approximate surface area is 160 Å². The highest BCUT2D eigenvalue weighted by molar-refractivity contribution is 5.14. The second-order valence-corrected chi connectivity index (χ2v) is 7.07. The Hall–Kier alpha value is -2.14. The summed E-state index contributed by atoms with van der Waals surface area (Å²) >= 11 is 0. The summed E-state index contributed by atoms with van der Waals surface area (Å²) in [7, 11) is 0. The van der Waals surface area contributed by atoms with Gasteiger partial charge in [0.2, 0.25) is 0 Å². The van der Waals surface area contributed by atoms with Crippen LogP contribution in [0.25, 0.3) is 0 Å². The van der Waals surface area contributed by atoms with Crippen LogP contribution in [-0.4, -0.2) is 31.0 Å². The highest BCUT2D eigenvalue weighted by atomic mass is 16.6. The normalized spacial score (nSPS) is 27.0. The summed E-state index contributed by atoms with van der Waals surface area (Å²) in [6.45, 7) is 1.66. The highest BCUT2D eigenvalue weighted by Gasteiger charge is 2.40. The molecule has 0 aromatic heterocycles. The molecule has 0 amide bonds. The van der Waals surface area contributed by atoms with Crippen LogP contribution in [0.15, 0.2) is 73.0 Å². The van der Waals surface area contributed by atoms with E-state index in [-0.39, 0.29) is 24.4 Å². The molecular weight excluding hydrogens is 340 g/mol. The van der Waals surface area contributed by atoms with Gasteiger partial charge in [-0.3, -0.25) is 0 Å². The predicted molar refractivity (Wildman–Crippen MR) is 103 cm³/mol. The van der Waals surface area contributed by atoms with Crippen LogP contribution in [-0.2, 0) is 32.2 Å². The van der Waals surface area contributed by atoms with Gasteiger partial charge < -0.3 is 18.9 Å². The molecule has 2 heterocycles. The van der Waals surface area contributed by atoms with Crippen molar-refractivity contribution in [2.24, 2.45) is 0 Å². The topological polar surface area (TPSA) is 36.9 Å². The zero-order valence-electron chi connectivity index (χ0n) is 15.4. The lowest BCUT2D eigenvalue weighted by atomic mass is 9.95. The minimum atomic E-state index is -0.0891. The van der Waals surface area contributed by atoms with Crippen LogP contribution in [0.1, 0.15) is 24.0 Å². The number of fused-ring (bicyclic) bond motifs is 1. The van der Waals surface area contributed by atoms with Gasteiger partial charge in [-0.1, -0.05) is 60.7 Å². The second-order valence-electron chi connectivity index (χ2n) is 7.07. The Balaban J connectivity index is 1.36. The molecule has 4 nitrogen and oxygen atoms in total. The smallest absolute Gasteiger partial charge is 0.127 e. The van der Waals surface area contributed by atoms with Crippen LogP contribution in [0.3, 0.4) is 0 Å². The largest absolute Gasteiger partial charge is 0.496 e. The zero-order chi connectivity index (χ0) is 18.3. The van der Waals surface area contributed by atoms with Crippen molar-refractivity contribution in [3.05, 3.63) is 84.1 Å². The van der Waals surface area contributed by atoms with E-state index >= 15 is 0 Å². The lowest BCUT2D eigenvalue weighted by molar-refractivity contribution is -0.206. The second kappa shape index (κ2) is 9.18. The van der Waals surface area contributed by atoms with Crippen molar-refractivity contribution in [2.75, 3.05) is 6.61 Å². The van der Waals surface area contributed by atoms with Gasteiger partial charge in [-0.05, 0) is 23.6 Å². The molecule has 2 aromatic carbocycles. The monoisotopic (exact) mass is 366 g/mol. The molecule has 1 fully saturated rings. The molecular formula is C23H26O4. The van der Waals surface area contributed by atoms with E-state index in [4.69, 9.17) is 18.9 Å². The molecule has 2 aliphatic heterocycles. The fourth-order valence-corrected chi connectivity index (χ4v) is 3.60. The van der Waals surface area contributed by atoms with Gasteiger partial charge in [0.1, 0.15) is 12.2 Å². The molecule has 0 bridgehead atoms. The average molecular weight is 366 g/mol. The number of ether oxygens (including phenoxy) is 4. The zero-order valence-corrected chi connectivity index (χ0v) is 15.4. The Morgan fingerprint density at radius 1 is 0.852 bits per heavy atom. The lowest BCUT2D eigenvalue weighted by Gasteiger charge is -2.41. The van der Waals surface area contributed by atoms with E-state index in [1.807, 2.05) is 42.5 Å². The lowest BCUT2D eigenvalue weighted by Crippen LogP contribution is -2.51. The van der Waals surface area contributed by atoms with Gasteiger partial charge in [0.15, 0.2) is 0 Å². The Morgan fingerprint density at radius 3 is 2.30 bits per heavy atom. The van der Waals surface area contributed by atoms with Gasteiger partial charge in [0.25, 0.3) is 0 Å². The minimum Gasteiger partial charge on any atom is -0.496 e. The third kappa shape index (κ3) is 4.98. The molecule has 0 N–H and O–H groups in total. The van der Waals surface area contributed by atoms with Crippen molar-refractivity contribution in [2.45, 2.75) is 50.5 Å².